The molecule has 230 valence electrons. The van der Waals surface area contributed by atoms with Gasteiger partial charge in [0.15, 0.2) is 0 Å². The fraction of sp³-hybridized carbons (Fsp3) is 0.0652. The molecule has 7 aromatic carbocycles. The Labute approximate surface area is 283 Å². The molecule has 11 rings (SSSR count). The van der Waals surface area contributed by atoms with Crippen LogP contribution in [-0.4, -0.2) is 9.55 Å². The van der Waals surface area contributed by atoms with Gasteiger partial charge in [-0.25, -0.2) is 4.98 Å². The minimum Gasteiger partial charge on any atom is -0.455 e. The van der Waals surface area contributed by atoms with Crippen LogP contribution in [0.2, 0.25) is 0 Å². The summed E-state index contributed by atoms with van der Waals surface area (Å²) < 4.78 is 9.15. The second kappa shape index (κ2) is 9.68. The highest BCUT2D eigenvalue weighted by atomic mass is 16.3. The lowest BCUT2D eigenvalue weighted by Crippen LogP contribution is -2.25. The van der Waals surface area contributed by atoms with Crippen molar-refractivity contribution in [2.75, 3.05) is 0 Å². The first-order valence-electron chi connectivity index (χ1n) is 17.1. The number of hydrogen-bond donors (Lipinski definition) is 0. The van der Waals surface area contributed by atoms with Crippen molar-refractivity contribution in [3.63, 3.8) is 0 Å². The summed E-state index contributed by atoms with van der Waals surface area (Å²) >= 11 is 0. The van der Waals surface area contributed by atoms with Crippen LogP contribution in [0.25, 0.3) is 72.0 Å². The number of nitrogens with zero attached hydrogens (tertiary/aromatic N) is 2. The summed E-state index contributed by atoms with van der Waals surface area (Å²) in [7, 11) is 0. The second-order valence-corrected chi connectivity index (χ2v) is 13.3. The number of fused-ring (bicyclic) bond motifs is 14. The van der Waals surface area contributed by atoms with Crippen molar-refractivity contribution < 1.29 is 4.42 Å². The third kappa shape index (κ3) is 3.34. The minimum absolute atomic E-state index is 0.386. The first kappa shape index (κ1) is 26.8. The minimum atomic E-state index is -0.386. The average Bonchev–Trinajstić information content (AvgIpc) is 3.89. The highest BCUT2D eigenvalue weighted by molar-refractivity contribution is 6.13. The van der Waals surface area contributed by atoms with Crippen molar-refractivity contribution in [3.8, 4) is 39.1 Å². The van der Waals surface area contributed by atoms with Crippen LogP contribution in [0.15, 0.2) is 156 Å². The summed E-state index contributed by atoms with van der Waals surface area (Å²) in [4.78, 5) is 4.99. The first-order valence-corrected chi connectivity index (χ1v) is 17.1. The Hall–Kier alpha value is -6.19. The molecule has 2 aliphatic rings. The molecular formula is C46H30N2O. The first-order chi connectivity index (χ1) is 24.3. The lowest BCUT2D eigenvalue weighted by Gasteiger charge is -2.30. The third-order valence-corrected chi connectivity index (χ3v) is 11.0. The van der Waals surface area contributed by atoms with E-state index >= 15 is 0 Å². The Kier molecular flexibility index (Phi) is 5.30. The lowest BCUT2D eigenvalue weighted by molar-refractivity contribution is 0.670. The van der Waals surface area contributed by atoms with Crippen molar-refractivity contribution in [2.24, 2.45) is 0 Å². The van der Waals surface area contributed by atoms with Crippen LogP contribution in [0.4, 0.5) is 0 Å². The van der Waals surface area contributed by atoms with E-state index in [4.69, 9.17) is 9.40 Å². The maximum Gasteiger partial charge on any atom is 0.143 e. The zero-order valence-corrected chi connectivity index (χ0v) is 26.9. The number of hydrogen-bond acceptors (Lipinski definition) is 2. The Morgan fingerprint density at radius 1 is 0.571 bits per heavy atom. The van der Waals surface area contributed by atoms with E-state index in [1.165, 1.54) is 44.5 Å². The van der Waals surface area contributed by atoms with Gasteiger partial charge in [0.1, 0.15) is 17.0 Å². The molecule has 0 amide bonds. The van der Waals surface area contributed by atoms with E-state index in [9.17, 15) is 0 Å². The van der Waals surface area contributed by atoms with Crippen molar-refractivity contribution in [3.05, 3.63) is 180 Å². The van der Waals surface area contributed by atoms with Gasteiger partial charge in [0.05, 0.1) is 27.5 Å². The van der Waals surface area contributed by atoms with Crippen molar-refractivity contribution >= 4 is 33.0 Å². The van der Waals surface area contributed by atoms with Crippen LogP contribution in [-0.2, 0) is 11.8 Å². The quantitative estimate of drug-likeness (QED) is 0.195. The van der Waals surface area contributed by atoms with Crippen LogP contribution in [0.1, 0.15) is 35.0 Å². The molecule has 1 spiro atoms. The maximum absolute atomic E-state index is 6.84. The predicted octanol–water partition coefficient (Wildman–Crippen LogP) is 11.5. The summed E-state index contributed by atoms with van der Waals surface area (Å²) in [5.74, 6) is 1.04. The monoisotopic (exact) mass is 626 g/mol. The van der Waals surface area contributed by atoms with Gasteiger partial charge < -0.3 is 4.42 Å². The molecule has 2 aromatic heterocycles. The Balaban J connectivity index is 1.18. The second-order valence-electron chi connectivity index (χ2n) is 13.3. The maximum atomic E-state index is 6.84. The van der Waals surface area contributed by atoms with Gasteiger partial charge in [-0.3, -0.25) is 4.57 Å². The number of furan rings is 1. The summed E-state index contributed by atoms with van der Waals surface area (Å²) in [5.41, 5.74) is 17.5. The normalized spacial score (nSPS) is 13.7. The summed E-state index contributed by atoms with van der Waals surface area (Å²) in [5, 5.41) is 2.22. The van der Waals surface area contributed by atoms with E-state index in [0.717, 1.165) is 62.0 Å². The van der Waals surface area contributed by atoms with Gasteiger partial charge in [0.2, 0.25) is 0 Å². The molecule has 0 fully saturated rings. The number of aryl methyl sites for hydroxylation is 1. The molecule has 0 radical (unpaired) electrons. The van der Waals surface area contributed by atoms with Crippen LogP contribution < -0.4 is 0 Å². The molecular weight excluding hydrogens is 597 g/mol. The molecule has 0 bridgehead atoms. The summed E-state index contributed by atoms with van der Waals surface area (Å²) in [6.45, 7) is 2.17. The number of imidazole rings is 1. The lowest BCUT2D eigenvalue weighted by atomic mass is 9.70. The Morgan fingerprint density at radius 3 is 1.90 bits per heavy atom. The molecule has 3 heteroatoms. The molecule has 3 nitrogen and oxygen atoms in total. The summed E-state index contributed by atoms with van der Waals surface area (Å²) in [6.07, 6.45) is 0.831. The number of benzene rings is 7. The molecule has 0 N–H and O–H groups in total. The zero-order valence-electron chi connectivity index (χ0n) is 26.9. The van der Waals surface area contributed by atoms with Gasteiger partial charge in [-0.05, 0) is 80.4 Å². The highest BCUT2D eigenvalue weighted by Gasteiger charge is 2.51. The van der Waals surface area contributed by atoms with E-state index < -0.39 is 0 Å². The molecule has 0 saturated carbocycles. The van der Waals surface area contributed by atoms with E-state index in [2.05, 4.69) is 163 Å². The Morgan fingerprint density at radius 2 is 1.18 bits per heavy atom. The number of rotatable bonds is 3. The van der Waals surface area contributed by atoms with Crippen LogP contribution in [0.3, 0.4) is 0 Å². The predicted molar refractivity (Wildman–Crippen MR) is 199 cm³/mol. The third-order valence-electron chi connectivity index (χ3n) is 11.0. The number of para-hydroxylation sites is 3. The van der Waals surface area contributed by atoms with Gasteiger partial charge in [-0.1, -0.05) is 128 Å². The van der Waals surface area contributed by atoms with Crippen molar-refractivity contribution in [2.45, 2.75) is 18.8 Å². The van der Waals surface area contributed by atoms with Gasteiger partial charge in [0, 0.05) is 17.4 Å². The fourth-order valence-corrected chi connectivity index (χ4v) is 9.09. The molecule has 49 heavy (non-hydrogen) atoms. The molecule has 2 aliphatic carbocycles. The van der Waals surface area contributed by atoms with E-state index in [1.807, 2.05) is 0 Å². The van der Waals surface area contributed by atoms with Crippen LogP contribution in [0, 0.1) is 0 Å². The van der Waals surface area contributed by atoms with Crippen molar-refractivity contribution in [1.29, 1.82) is 0 Å². The Bertz CT molecular complexity index is 2770. The van der Waals surface area contributed by atoms with Gasteiger partial charge in [-0.15, -0.1) is 0 Å². The number of aromatic nitrogens is 2. The molecule has 9 aromatic rings. The van der Waals surface area contributed by atoms with Gasteiger partial charge in [0.25, 0.3) is 0 Å². The van der Waals surface area contributed by atoms with Gasteiger partial charge >= 0.3 is 0 Å². The van der Waals surface area contributed by atoms with Crippen molar-refractivity contribution in [1.82, 2.24) is 9.55 Å². The fourth-order valence-electron chi connectivity index (χ4n) is 9.09. The molecule has 0 aliphatic heterocycles. The highest BCUT2D eigenvalue weighted by Crippen LogP contribution is 2.63. The zero-order chi connectivity index (χ0) is 32.3. The van der Waals surface area contributed by atoms with E-state index in [1.54, 1.807) is 0 Å². The topological polar surface area (TPSA) is 31.0 Å². The smallest absolute Gasteiger partial charge is 0.143 e. The van der Waals surface area contributed by atoms with Gasteiger partial charge in [-0.2, -0.15) is 0 Å². The standard InChI is InChI=1S/C46H30N2O/c1-2-43-47-39-21-9-10-22-40(39)48(43)41-23-12-24-42-44(41)34-17-11-16-29(45(34)49-42)28-25-26-33-32-15-5-8-20-37(32)46(38(33)27-28)35-18-6-3-13-30(35)31-14-4-7-19-36(31)46/h3-27H,2H2,1H3. The van der Waals surface area contributed by atoms with E-state index in [-0.39, 0.29) is 5.41 Å². The molecule has 0 unspecified atom stereocenters. The molecule has 2 heterocycles. The summed E-state index contributed by atoms with van der Waals surface area (Å²) in [6, 6.07) is 55.4. The molecule has 0 saturated heterocycles. The average molecular weight is 627 g/mol. The SMILES string of the molecule is CCc1nc2ccccc2n1-c1cccc2oc3c(-c4ccc5c(c4)C4(c6ccccc6-c6ccccc64)c4ccccc4-5)cccc3c12. The largest absolute Gasteiger partial charge is 0.455 e. The van der Waals surface area contributed by atoms with Crippen LogP contribution >= 0.6 is 0 Å². The molecule has 0 atom stereocenters. The van der Waals surface area contributed by atoms with Crippen LogP contribution in [0.5, 0.6) is 0 Å². The van der Waals surface area contributed by atoms with E-state index in [0.29, 0.717) is 0 Å².